The fourth-order valence-electron chi connectivity index (χ4n) is 1.96. The Morgan fingerprint density at radius 1 is 1.40 bits per heavy atom. The Labute approximate surface area is 91.0 Å². The number of rotatable bonds is 2. The topological polar surface area (TPSA) is 49.4 Å². The van der Waals surface area contributed by atoms with Crippen LogP contribution in [0.4, 0.5) is 0 Å². The maximum absolute atomic E-state index is 11.7. The lowest BCUT2D eigenvalue weighted by atomic mass is 9.96. The molecule has 4 heteroatoms. The molecule has 0 aromatic carbocycles. The fourth-order valence-corrected chi connectivity index (χ4v) is 1.96. The van der Waals surface area contributed by atoms with Crippen LogP contribution in [0.5, 0.6) is 0 Å². The van der Waals surface area contributed by atoms with Crippen molar-refractivity contribution in [2.45, 2.75) is 26.7 Å². The summed E-state index contributed by atoms with van der Waals surface area (Å²) < 4.78 is 0. The Kier molecular flexibility index (Phi) is 4.12. The van der Waals surface area contributed by atoms with Gasteiger partial charge in [0.25, 0.3) is 0 Å². The lowest BCUT2D eigenvalue weighted by Crippen LogP contribution is -2.46. The number of likely N-dealkylation sites (tertiary alicyclic amines) is 1. The van der Waals surface area contributed by atoms with Crippen molar-refractivity contribution in [3.05, 3.63) is 0 Å². The first-order valence-electron chi connectivity index (χ1n) is 5.56. The van der Waals surface area contributed by atoms with Crippen LogP contribution in [0.25, 0.3) is 0 Å². The predicted molar refractivity (Wildman–Crippen MR) is 58.2 cm³/mol. The van der Waals surface area contributed by atoms with Gasteiger partial charge in [-0.15, -0.1) is 0 Å². The van der Waals surface area contributed by atoms with Crippen LogP contribution in [0.1, 0.15) is 26.7 Å². The van der Waals surface area contributed by atoms with E-state index in [1.165, 1.54) is 0 Å². The largest absolute Gasteiger partial charge is 0.359 e. The highest BCUT2D eigenvalue weighted by molar-refractivity contribution is 5.81. The van der Waals surface area contributed by atoms with Gasteiger partial charge in [0, 0.05) is 26.1 Å². The van der Waals surface area contributed by atoms with Crippen molar-refractivity contribution in [1.82, 2.24) is 10.2 Å². The van der Waals surface area contributed by atoms with Crippen molar-refractivity contribution in [2.75, 3.05) is 20.1 Å². The number of piperidine rings is 1. The van der Waals surface area contributed by atoms with Crippen molar-refractivity contribution >= 4 is 11.8 Å². The summed E-state index contributed by atoms with van der Waals surface area (Å²) in [5.74, 6) is 0.208. The molecule has 0 saturated carbocycles. The van der Waals surface area contributed by atoms with Gasteiger partial charge in [0.15, 0.2) is 0 Å². The zero-order valence-corrected chi connectivity index (χ0v) is 9.75. The highest BCUT2D eigenvalue weighted by atomic mass is 16.2. The Hall–Kier alpha value is -1.06. The minimum Gasteiger partial charge on any atom is -0.359 e. The van der Waals surface area contributed by atoms with Crippen molar-refractivity contribution in [1.29, 1.82) is 0 Å². The fraction of sp³-hybridized carbons (Fsp3) is 0.818. The van der Waals surface area contributed by atoms with E-state index in [-0.39, 0.29) is 23.7 Å². The normalized spacial score (nSPS) is 21.6. The molecule has 0 aromatic heterocycles. The summed E-state index contributed by atoms with van der Waals surface area (Å²) in [6.07, 6.45) is 1.82. The van der Waals surface area contributed by atoms with E-state index in [9.17, 15) is 9.59 Å². The third-order valence-corrected chi connectivity index (χ3v) is 2.84. The molecule has 1 fully saturated rings. The molecule has 1 saturated heterocycles. The number of carbonyl (C=O) groups is 2. The summed E-state index contributed by atoms with van der Waals surface area (Å²) >= 11 is 0. The molecule has 1 aliphatic rings. The smallest absolute Gasteiger partial charge is 0.225 e. The number of carbonyl (C=O) groups excluding carboxylic acids is 2. The SMILES string of the molecule is CNC(=O)[C@@H]1CCCN(C(=O)C(C)C)C1. The summed E-state index contributed by atoms with van der Waals surface area (Å²) in [4.78, 5) is 25.0. The van der Waals surface area contributed by atoms with E-state index in [2.05, 4.69) is 5.32 Å². The van der Waals surface area contributed by atoms with Crippen LogP contribution in [0.2, 0.25) is 0 Å². The van der Waals surface area contributed by atoms with E-state index in [1.807, 2.05) is 18.7 Å². The molecule has 0 radical (unpaired) electrons. The number of hydrogen-bond donors (Lipinski definition) is 1. The van der Waals surface area contributed by atoms with E-state index in [1.54, 1.807) is 7.05 Å². The molecule has 0 spiro atoms. The first kappa shape index (κ1) is 12.0. The Morgan fingerprint density at radius 3 is 2.60 bits per heavy atom. The van der Waals surface area contributed by atoms with Gasteiger partial charge in [-0.2, -0.15) is 0 Å². The van der Waals surface area contributed by atoms with E-state index in [0.29, 0.717) is 6.54 Å². The van der Waals surface area contributed by atoms with Crippen molar-refractivity contribution in [2.24, 2.45) is 11.8 Å². The lowest BCUT2D eigenvalue weighted by Gasteiger charge is -2.32. The van der Waals surface area contributed by atoms with E-state index < -0.39 is 0 Å². The summed E-state index contributed by atoms with van der Waals surface area (Å²) in [5, 5.41) is 2.65. The molecule has 86 valence electrons. The first-order chi connectivity index (χ1) is 7.06. The second-order valence-corrected chi connectivity index (χ2v) is 4.39. The zero-order valence-electron chi connectivity index (χ0n) is 9.75. The van der Waals surface area contributed by atoms with Crippen LogP contribution < -0.4 is 5.32 Å². The molecule has 1 heterocycles. The third kappa shape index (κ3) is 2.94. The first-order valence-corrected chi connectivity index (χ1v) is 5.56. The molecule has 2 amide bonds. The monoisotopic (exact) mass is 212 g/mol. The van der Waals surface area contributed by atoms with Crippen LogP contribution in [0, 0.1) is 11.8 Å². The zero-order chi connectivity index (χ0) is 11.4. The quantitative estimate of drug-likeness (QED) is 0.729. The highest BCUT2D eigenvalue weighted by Crippen LogP contribution is 2.18. The molecular formula is C11H20N2O2. The Morgan fingerprint density at radius 2 is 2.07 bits per heavy atom. The van der Waals surface area contributed by atoms with Gasteiger partial charge in [0.05, 0.1) is 5.92 Å². The molecule has 0 bridgehead atoms. The molecule has 1 atom stereocenters. The maximum Gasteiger partial charge on any atom is 0.225 e. The van der Waals surface area contributed by atoms with Gasteiger partial charge in [-0.1, -0.05) is 13.8 Å². The molecular weight excluding hydrogens is 192 g/mol. The number of nitrogens with zero attached hydrogens (tertiary/aromatic N) is 1. The molecule has 15 heavy (non-hydrogen) atoms. The van der Waals surface area contributed by atoms with Crippen LogP contribution in [-0.2, 0) is 9.59 Å². The molecule has 0 unspecified atom stereocenters. The predicted octanol–water partition coefficient (Wildman–Crippen LogP) is 0.627. The van der Waals surface area contributed by atoms with Crippen molar-refractivity contribution in [3.8, 4) is 0 Å². The average Bonchev–Trinajstić information content (AvgIpc) is 2.27. The Balaban J connectivity index is 2.56. The Bertz CT molecular complexity index is 251. The second-order valence-electron chi connectivity index (χ2n) is 4.39. The molecule has 4 nitrogen and oxygen atoms in total. The van der Waals surface area contributed by atoms with Gasteiger partial charge in [0.2, 0.25) is 11.8 Å². The van der Waals surface area contributed by atoms with Crippen molar-refractivity contribution in [3.63, 3.8) is 0 Å². The minimum absolute atomic E-state index is 0.0217. The second kappa shape index (κ2) is 5.14. The summed E-state index contributed by atoms with van der Waals surface area (Å²) in [6, 6.07) is 0. The van der Waals surface area contributed by atoms with Gasteiger partial charge < -0.3 is 10.2 Å². The molecule has 0 aliphatic carbocycles. The highest BCUT2D eigenvalue weighted by Gasteiger charge is 2.28. The lowest BCUT2D eigenvalue weighted by molar-refractivity contribution is -0.138. The third-order valence-electron chi connectivity index (χ3n) is 2.84. The maximum atomic E-state index is 11.7. The van der Waals surface area contributed by atoms with Crippen LogP contribution in [-0.4, -0.2) is 36.9 Å². The number of amides is 2. The van der Waals surface area contributed by atoms with E-state index in [0.717, 1.165) is 19.4 Å². The van der Waals surface area contributed by atoms with Gasteiger partial charge in [-0.05, 0) is 12.8 Å². The van der Waals surface area contributed by atoms with Gasteiger partial charge in [0.1, 0.15) is 0 Å². The summed E-state index contributed by atoms with van der Waals surface area (Å²) in [7, 11) is 1.64. The summed E-state index contributed by atoms with van der Waals surface area (Å²) in [6.45, 7) is 5.17. The molecule has 1 N–H and O–H groups in total. The molecule has 1 aliphatic heterocycles. The standard InChI is InChI=1S/C11H20N2O2/c1-8(2)11(15)13-6-4-5-9(7-13)10(14)12-3/h8-9H,4-7H2,1-3H3,(H,12,14)/t9-/m1/s1. The average molecular weight is 212 g/mol. The van der Waals surface area contributed by atoms with E-state index >= 15 is 0 Å². The van der Waals surface area contributed by atoms with Crippen LogP contribution in [0.3, 0.4) is 0 Å². The number of hydrogen-bond acceptors (Lipinski definition) is 2. The van der Waals surface area contributed by atoms with Crippen molar-refractivity contribution < 1.29 is 9.59 Å². The van der Waals surface area contributed by atoms with E-state index in [4.69, 9.17) is 0 Å². The molecule has 0 aromatic rings. The van der Waals surface area contributed by atoms with Gasteiger partial charge in [-0.25, -0.2) is 0 Å². The molecule has 1 rings (SSSR count). The van der Waals surface area contributed by atoms with Gasteiger partial charge >= 0.3 is 0 Å². The number of nitrogens with one attached hydrogen (secondary N) is 1. The minimum atomic E-state index is -0.0218. The van der Waals surface area contributed by atoms with Crippen LogP contribution in [0.15, 0.2) is 0 Å². The van der Waals surface area contributed by atoms with Gasteiger partial charge in [-0.3, -0.25) is 9.59 Å². The summed E-state index contributed by atoms with van der Waals surface area (Å²) in [5.41, 5.74) is 0. The van der Waals surface area contributed by atoms with Crippen LogP contribution >= 0.6 is 0 Å².